The minimum atomic E-state index is -0.654. The van der Waals surface area contributed by atoms with Gasteiger partial charge in [-0.15, -0.1) is 0 Å². The van der Waals surface area contributed by atoms with Crippen molar-refractivity contribution in [2.24, 2.45) is 29.1 Å². The van der Waals surface area contributed by atoms with Crippen LogP contribution in [0.4, 0.5) is 0 Å². The maximum atomic E-state index is 10.3. The first-order valence-electron chi connectivity index (χ1n) is 14.6. The summed E-state index contributed by atoms with van der Waals surface area (Å²) in [6.45, 7) is 12.9. The minimum Gasteiger partial charge on any atom is -0.393 e. The molecule has 7 atom stereocenters. The molecule has 0 heterocycles. The van der Waals surface area contributed by atoms with Gasteiger partial charge in [-0.05, 0) is 105 Å². The van der Waals surface area contributed by atoms with Crippen molar-refractivity contribution in [2.45, 2.75) is 122 Å². The van der Waals surface area contributed by atoms with Crippen LogP contribution in [0.3, 0.4) is 0 Å². The Balaban J connectivity index is 1.83. The number of fused-ring (bicyclic) bond motifs is 1. The summed E-state index contributed by atoms with van der Waals surface area (Å²) in [6, 6.07) is 0. The first kappa shape index (κ1) is 30.6. The van der Waals surface area contributed by atoms with Gasteiger partial charge in [-0.25, -0.2) is 0 Å². The number of aliphatic hydroxyl groups is 3. The Labute approximate surface area is 226 Å². The van der Waals surface area contributed by atoms with Crippen molar-refractivity contribution in [2.75, 3.05) is 14.2 Å². The number of allylic oxidation sites excluding steroid dienone is 3. The molecular weight excluding hydrogens is 464 g/mol. The van der Waals surface area contributed by atoms with E-state index in [0.717, 1.165) is 49.7 Å². The van der Waals surface area contributed by atoms with E-state index in [1.54, 1.807) is 14.2 Å². The summed E-state index contributed by atoms with van der Waals surface area (Å²) in [5.41, 5.74) is 2.91. The molecule has 37 heavy (non-hydrogen) atoms. The fourth-order valence-corrected chi connectivity index (χ4v) is 7.89. The van der Waals surface area contributed by atoms with Crippen LogP contribution in [0.1, 0.15) is 98.3 Å². The molecule has 3 fully saturated rings. The normalized spacial score (nSPS) is 35.9. The van der Waals surface area contributed by atoms with Gasteiger partial charge in [-0.1, -0.05) is 51.0 Å². The van der Waals surface area contributed by atoms with Crippen molar-refractivity contribution in [3.05, 3.63) is 35.5 Å². The van der Waals surface area contributed by atoms with Crippen LogP contribution in [-0.4, -0.2) is 53.6 Å². The summed E-state index contributed by atoms with van der Waals surface area (Å²) < 4.78 is 11.0. The van der Waals surface area contributed by atoms with Crippen LogP contribution in [0.2, 0.25) is 0 Å². The fourth-order valence-electron chi connectivity index (χ4n) is 7.89. The van der Waals surface area contributed by atoms with Crippen LogP contribution in [-0.2, 0) is 9.47 Å². The Morgan fingerprint density at radius 3 is 2.46 bits per heavy atom. The van der Waals surface area contributed by atoms with Crippen molar-refractivity contribution < 1.29 is 24.8 Å². The lowest BCUT2D eigenvalue weighted by molar-refractivity contribution is -0.110. The zero-order valence-corrected chi connectivity index (χ0v) is 24.3. The molecule has 0 aromatic carbocycles. The van der Waals surface area contributed by atoms with Crippen molar-refractivity contribution in [1.82, 2.24) is 0 Å². The average Bonchev–Trinajstić information content (AvgIpc) is 3.17. The molecule has 3 aliphatic rings. The van der Waals surface area contributed by atoms with Crippen LogP contribution in [0, 0.1) is 29.1 Å². The predicted octanol–water partition coefficient (Wildman–Crippen LogP) is 6.33. The summed E-state index contributed by atoms with van der Waals surface area (Å²) in [6.07, 6.45) is 13.9. The SMILES string of the molecule is C=C1/C(=C\C=C2/C[C@H](CCC(OC)OC)C[C@]3(C)[C@@H]([C@H](C)CCCC(C)(C)O)CC[C@@H]23)C[C@@H](O)C[C@@H]1O. The number of rotatable bonds is 11. The smallest absolute Gasteiger partial charge is 0.156 e. The van der Waals surface area contributed by atoms with Gasteiger partial charge in [0.2, 0.25) is 0 Å². The maximum absolute atomic E-state index is 10.3. The van der Waals surface area contributed by atoms with Gasteiger partial charge in [-0.2, -0.15) is 0 Å². The van der Waals surface area contributed by atoms with Crippen molar-refractivity contribution in [3.8, 4) is 0 Å². The molecule has 3 N–H and O–H groups in total. The van der Waals surface area contributed by atoms with Gasteiger partial charge in [0.25, 0.3) is 0 Å². The molecule has 0 aromatic rings. The number of methoxy groups -OCH3 is 2. The molecule has 0 spiro atoms. The molecule has 5 heteroatoms. The van der Waals surface area contributed by atoms with E-state index in [1.807, 2.05) is 13.8 Å². The number of hydrogen-bond acceptors (Lipinski definition) is 5. The van der Waals surface area contributed by atoms with Gasteiger partial charge in [0.1, 0.15) is 0 Å². The van der Waals surface area contributed by atoms with Crippen molar-refractivity contribution >= 4 is 0 Å². The molecule has 3 rings (SSSR count). The average molecular weight is 519 g/mol. The largest absolute Gasteiger partial charge is 0.393 e. The molecule has 0 saturated heterocycles. The topological polar surface area (TPSA) is 79.2 Å². The molecule has 0 amide bonds. The second kappa shape index (κ2) is 12.9. The van der Waals surface area contributed by atoms with Crippen LogP contribution in [0.25, 0.3) is 0 Å². The Kier molecular flexibility index (Phi) is 10.7. The highest BCUT2D eigenvalue weighted by Crippen LogP contribution is 2.61. The molecule has 0 radical (unpaired) electrons. The van der Waals surface area contributed by atoms with E-state index in [0.29, 0.717) is 36.5 Å². The highest BCUT2D eigenvalue weighted by molar-refractivity contribution is 5.38. The third-order valence-electron chi connectivity index (χ3n) is 9.85. The molecule has 0 unspecified atom stereocenters. The minimum absolute atomic E-state index is 0.159. The number of hydrogen-bond donors (Lipinski definition) is 3. The number of aliphatic hydroxyl groups excluding tert-OH is 2. The number of ether oxygens (including phenoxy) is 2. The second-order valence-corrected chi connectivity index (χ2v) is 13.2. The maximum Gasteiger partial charge on any atom is 0.156 e. The Morgan fingerprint density at radius 2 is 1.81 bits per heavy atom. The lowest BCUT2D eigenvalue weighted by Gasteiger charge is -2.47. The molecule has 0 bridgehead atoms. The Morgan fingerprint density at radius 1 is 1.11 bits per heavy atom. The standard InChI is InChI=1S/C32H54O5/c1-21(9-8-16-31(3,4)35)27-13-14-28-25(12-11-24-18-26(33)19-29(34)22(24)2)17-23(20-32(27,28)5)10-15-30(36-6)37-7/h11-12,21,23,26-30,33-35H,2,8-10,13-20H2,1,3-7H3/b24-11-,25-12+/t21-,23+,26-,27-,28+,29+,32-/m1/s1. The van der Waals surface area contributed by atoms with Gasteiger partial charge >= 0.3 is 0 Å². The predicted molar refractivity (Wildman–Crippen MR) is 150 cm³/mol. The van der Waals surface area contributed by atoms with E-state index in [4.69, 9.17) is 9.47 Å². The van der Waals surface area contributed by atoms with Crippen LogP contribution in [0.15, 0.2) is 35.5 Å². The van der Waals surface area contributed by atoms with E-state index >= 15 is 0 Å². The summed E-state index contributed by atoms with van der Waals surface area (Å²) >= 11 is 0. The summed E-state index contributed by atoms with van der Waals surface area (Å²) in [7, 11) is 3.43. The quantitative estimate of drug-likeness (QED) is 0.279. The highest BCUT2D eigenvalue weighted by atomic mass is 16.7. The molecule has 0 aromatic heterocycles. The summed E-state index contributed by atoms with van der Waals surface area (Å²) in [5.74, 6) is 2.44. The van der Waals surface area contributed by atoms with E-state index in [9.17, 15) is 15.3 Å². The third kappa shape index (κ3) is 7.79. The molecule has 3 saturated carbocycles. The molecular formula is C32H54O5. The zero-order chi connectivity index (χ0) is 27.4. The third-order valence-corrected chi connectivity index (χ3v) is 9.85. The molecule has 5 nitrogen and oxygen atoms in total. The second-order valence-electron chi connectivity index (χ2n) is 13.2. The molecule has 3 aliphatic carbocycles. The van der Waals surface area contributed by atoms with Gasteiger partial charge in [0.05, 0.1) is 17.8 Å². The lowest BCUT2D eigenvalue weighted by Crippen LogP contribution is -2.39. The Bertz CT molecular complexity index is 820. The zero-order valence-electron chi connectivity index (χ0n) is 24.3. The molecule has 212 valence electrons. The van der Waals surface area contributed by atoms with E-state index in [1.165, 1.54) is 24.8 Å². The monoisotopic (exact) mass is 518 g/mol. The van der Waals surface area contributed by atoms with Gasteiger partial charge < -0.3 is 24.8 Å². The van der Waals surface area contributed by atoms with Gasteiger partial charge in [0.15, 0.2) is 6.29 Å². The fraction of sp³-hybridized carbons (Fsp3) is 0.812. The summed E-state index contributed by atoms with van der Waals surface area (Å²) in [5, 5.41) is 30.7. The van der Waals surface area contributed by atoms with Gasteiger partial charge in [-0.3, -0.25) is 0 Å². The Hall–Kier alpha value is -0.980. The van der Waals surface area contributed by atoms with E-state index in [-0.39, 0.29) is 11.7 Å². The first-order chi connectivity index (χ1) is 17.4. The summed E-state index contributed by atoms with van der Waals surface area (Å²) in [4.78, 5) is 0. The van der Waals surface area contributed by atoms with Crippen LogP contribution < -0.4 is 0 Å². The first-order valence-corrected chi connectivity index (χ1v) is 14.6. The lowest BCUT2D eigenvalue weighted by atomic mass is 9.57. The molecule has 0 aliphatic heterocycles. The van der Waals surface area contributed by atoms with Crippen molar-refractivity contribution in [1.29, 1.82) is 0 Å². The van der Waals surface area contributed by atoms with Gasteiger partial charge in [0, 0.05) is 20.6 Å². The van der Waals surface area contributed by atoms with Crippen LogP contribution >= 0.6 is 0 Å². The van der Waals surface area contributed by atoms with Crippen molar-refractivity contribution in [3.63, 3.8) is 0 Å². The highest BCUT2D eigenvalue weighted by Gasteiger charge is 2.52. The van der Waals surface area contributed by atoms with E-state index < -0.39 is 17.8 Å². The van der Waals surface area contributed by atoms with E-state index in [2.05, 4.69) is 32.6 Å². The van der Waals surface area contributed by atoms with Crippen LogP contribution in [0.5, 0.6) is 0 Å².